The zero-order chi connectivity index (χ0) is 13.4. The highest BCUT2D eigenvalue weighted by Gasteiger charge is 2.46. The molecule has 1 aliphatic heterocycles. The number of β-amino-alcohol motifs (C(OH)–C–C–N with tert-alkyl or cyclic N) is 1. The molecule has 1 aliphatic rings. The van der Waals surface area contributed by atoms with Gasteiger partial charge in [-0.05, 0) is 18.9 Å². The predicted octanol–water partition coefficient (Wildman–Crippen LogP) is 0.844. The molecule has 0 saturated carbocycles. The molecule has 98 valence electrons. The Morgan fingerprint density at radius 1 is 1.44 bits per heavy atom. The Kier molecular flexibility index (Phi) is 3.17. The van der Waals surface area contributed by atoms with Crippen LogP contribution in [0.5, 0.6) is 0 Å². The molecule has 1 unspecified atom stereocenters. The molecular formula is C14H20N2O2. The highest BCUT2D eigenvalue weighted by Crippen LogP contribution is 2.29. The smallest absolute Gasteiger partial charge is 0.247 e. The molecule has 1 amide bonds. The number of aliphatic hydroxyl groups is 1. The van der Waals surface area contributed by atoms with Gasteiger partial charge in [0.15, 0.2) is 0 Å². The lowest BCUT2D eigenvalue weighted by atomic mass is 9.86. The minimum atomic E-state index is -1.03. The molecule has 0 spiro atoms. The summed E-state index contributed by atoms with van der Waals surface area (Å²) in [6.45, 7) is 4.39. The van der Waals surface area contributed by atoms with Gasteiger partial charge in [-0.3, -0.25) is 4.79 Å². The van der Waals surface area contributed by atoms with Crippen LogP contribution in [0.4, 0.5) is 0 Å². The van der Waals surface area contributed by atoms with Crippen LogP contribution in [0.15, 0.2) is 30.3 Å². The molecule has 0 bridgehead atoms. The molecule has 1 aromatic rings. The first kappa shape index (κ1) is 13.1. The van der Waals surface area contributed by atoms with Gasteiger partial charge in [0.05, 0.1) is 18.7 Å². The summed E-state index contributed by atoms with van der Waals surface area (Å²) in [6.07, 6.45) is 0.656. The first-order chi connectivity index (χ1) is 8.39. The average molecular weight is 248 g/mol. The fourth-order valence-electron chi connectivity index (χ4n) is 2.27. The van der Waals surface area contributed by atoms with Gasteiger partial charge in [0.2, 0.25) is 5.91 Å². The summed E-state index contributed by atoms with van der Waals surface area (Å²) < 4.78 is 0. The van der Waals surface area contributed by atoms with Gasteiger partial charge < -0.3 is 15.7 Å². The van der Waals surface area contributed by atoms with Gasteiger partial charge in [-0.1, -0.05) is 37.3 Å². The third kappa shape index (κ3) is 2.13. The Morgan fingerprint density at radius 3 is 2.50 bits per heavy atom. The first-order valence-corrected chi connectivity index (χ1v) is 6.25. The number of nitrogens with two attached hydrogens (primary N) is 1. The Hall–Kier alpha value is -1.39. The Bertz CT molecular complexity index is 436. The summed E-state index contributed by atoms with van der Waals surface area (Å²) in [6, 6.07) is 9.33. The van der Waals surface area contributed by atoms with Crippen LogP contribution < -0.4 is 5.73 Å². The zero-order valence-corrected chi connectivity index (χ0v) is 10.9. The molecule has 1 atom stereocenters. The number of nitrogens with zero attached hydrogens (tertiary/aromatic N) is 1. The number of hydrogen-bond donors (Lipinski definition) is 2. The molecule has 1 fully saturated rings. The van der Waals surface area contributed by atoms with E-state index in [9.17, 15) is 9.90 Å². The van der Waals surface area contributed by atoms with Gasteiger partial charge in [-0.25, -0.2) is 0 Å². The van der Waals surface area contributed by atoms with Crippen molar-refractivity contribution in [2.24, 2.45) is 5.73 Å². The normalized spacial score (nSPS) is 21.0. The lowest BCUT2D eigenvalue weighted by molar-refractivity contribution is -0.161. The maximum Gasteiger partial charge on any atom is 0.247 e. The quantitative estimate of drug-likeness (QED) is 0.833. The van der Waals surface area contributed by atoms with E-state index in [-0.39, 0.29) is 5.91 Å². The van der Waals surface area contributed by atoms with E-state index in [1.807, 2.05) is 37.3 Å². The topological polar surface area (TPSA) is 66.6 Å². The van der Waals surface area contributed by atoms with E-state index < -0.39 is 11.1 Å². The van der Waals surface area contributed by atoms with Crippen molar-refractivity contribution in [1.82, 2.24) is 4.90 Å². The number of carbonyl (C=O) groups is 1. The Morgan fingerprint density at radius 2 is 2.00 bits per heavy atom. The number of hydrogen-bond acceptors (Lipinski definition) is 3. The Labute approximate surface area is 107 Å². The minimum absolute atomic E-state index is 0.133. The zero-order valence-electron chi connectivity index (χ0n) is 10.9. The molecular weight excluding hydrogens is 228 g/mol. The van der Waals surface area contributed by atoms with Gasteiger partial charge in [0.25, 0.3) is 0 Å². The van der Waals surface area contributed by atoms with E-state index in [2.05, 4.69) is 0 Å². The maximum absolute atomic E-state index is 12.3. The second kappa shape index (κ2) is 4.37. The second-order valence-corrected chi connectivity index (χ2v) is 5.31. The fraction of sp³-hybridized carbons (Fsp3) is 0.500. The lowest BCUT2D eigenvalue weighted by Gasteiger charge is -2.48. The van der Waals surface area contributed by atoms with E-state index in [0.29, 0.717) is 19.5 Å². The summed E-state index contributed by atoms with van der Waals surface area (Å²) >= 11 is 0. The minimum Gasteiger partial charge on any atom is -0.386 e. The van der Waals surface area contributed by atoms with Crippen molar-refractivity contribution in [1.29, 1.82) is 0 Å². The van der Waals surface area contributed by atoms with E-state index in [4.69, 9.17) is 5.73 Å². The highest BCUT2D eigenvalue weighted by molar-refractivity contribution is 5.88. The summed E-state index contributed by atoms with van der Waals surface area (Å²) in [5.74, 6) is -0.133. The van der Waals surface area contributed by atoms with Gasteiger partial charge in [-0.2, -0.15) is 0 Å². The summed E-state index contributed by atoms with van der Waals surface area (Å²) in [5, 5.41) is 9.94. The second-order valence-electron chi connectivity index (χ2n) is 5.31. The van der Waals surface area contributed by atoms with Crippen molar-refractivity contribution in [3.63, 3.8) is 0 Å². The summed E-state index contributed by atoms with van der Waals surface area (Å²) in [4.78, 5) is 14.0. The standard InChI is InChI=1S/C14H20N2O2/c1-3-14(18)9-16(10-14)12(17)13(2,15)11-7-5-4-6-8-11/h4-8,18H,3,9-10,15H2,1-2H3. The summed E-state index contributed by atoms with van der Waals surface area (Å²) in [7, 11) is 0. The number of rotatable bonds is 3. The molecule has 1 aromatic carbocycles. The van der Waals surface area contributed by atoms with Crippen LogP contribution in [-0.2, 0) is 10.3 Å². The molecule has 0 aliphatic carbocycles. The van der Waals surface area contributed by atoms with E-state index in [0.717, 1.165) is 5.56 Å². The van der Waals surface area contributed by atoms with Gasteiger partial charge in [0, 0.05) is 0 Å². The van der Waals surface area contributed by atoms with Crippen molar-refractivity contribution in [2.45, 2.75) is 31.4 Å². The molecule has 4 nitrogen and oxygen atoms in total. The molecule has 0 aromatic heterocycles. The van der Waals surface area contributed by atoms with Gasteiger partial charge >= 0.3 is 0 Å². The van der Waals surface area contributed by atoms with Crippen LogP contribution in [0.25, 0.3) is 0 Å². The van der Waals surface area contributed by atoms with Crippen LogP contribution in [-0.4, -0.2) is 34.6 Å². The summed E-state index contributed by atoms with van der Waals surface area (Å²) in [5.41, 5.74) is 5.19. The van der Waals surface area contributed by atoms with Crippen LogP contribution in [0, 0.1) is 0 Å². The molecule has 2 rings (SSSR count). The van der Waals surface area contributed by atoms with Gasteiger partial charge in [-0.15, -0.1) is 0 Å². The largest absolute Gasteiger partial charge is 0.386 e. The molecule has 0 radical (unpaired) electrons. The fourth-order valence-corrected chi connectivity index (χ4v) is 2.27. The first-order valence-electron chi connectivity index (χ1n) is 6.25. The van der Waals surface area contributed by atoms with Crippen molar-refractivity contribution in [3.8, 4) is 0 Å². The van der Waals surface area contributed by atoms with Crippen molar-refractivity contribution in [3.05, 3.63) is 35.9 Å². The predicted molar refractivity (Wildman–Crippen MR) is 69.8 cm³/mol. The van der Waals surface area contributed by atoms with E-state index in [1.54, 1.807) is 11.8 Å². The number of amides is 1. The van der Waals surface area contributed by atoms with Crippen LogP contribution in [0.2, 0.25) is 0 Å². The highest BCUT2D eigenvalue weighted by atomic mass is 16.3. The number of carbonyl (C=O) groups excluding carboxylic acids is 1. The SMILES string of the molecule is CCC1(O)CN(C(=O)C(C)(N)c2ccccc2)C1. The van der Waals surface area contributed by atoms with Crippen LogP contribution >= 0.6 is 0 Å². The number of benzene rings is 1. The van der Waals surface area contributed by atoms with Crippen molar-refractivity contribution < 1.29 is 9.90 Å². The monoisotopic (exact) mass is 248 g/mol. The lowest BCUT2D eigenvalue weighted by Crippen LogP contribution is -2.67. The molecule has 18 heavy (non-hydrogen) atoms. The third-order valence-electron chi connectivity index (χ3n) is 3.73. The number of likely N-dealkylation sites (tertiary alicyclic amines) is 1. The van der Waals surface area contributed by atoms with E-state index in [1.165, 1.54) is 0 Å². The Balaban J connectivity index is 2.11. The molecule has 4 heteroatoms. The average Bonchev–Trinajstić information content (AvgIpc) is 2.35. The molecule has 3 N–H and O–H groups in total. The van der Waals surface area contributed by atoms with Crippen molar-refractivity contribution in [2.75, 3.05) is 13.1 Å². The van der Waals surface area contributed by atoms with Crippen LogP contribution in [0.1, 0.15) is 25.8 Å². The van der Waals surface area contributed by atoms with E-state index >= 15 is 0 Å². The van der Waals surface area contributed by atoms with Gasteiger partial charge in [0.1, 0.15) is 5.54 Å². The van der Waals surface area contributed by atoms with Crippen LogP contribution in [0.3, 0.4) is 0 Å². The maximum atomic E-state index is 12.3. The molecule has 1 heterocycles. The third-order valence-corrected chi connectivity index (χ3v) is 3.73. The molecule has 1 saturated heterocycles. The van der Waals surface area contributed by atoms with Crippen molar-refractivity contribution >= 4 is 5.91 Å².